The Bertz CT molecular complexity index is 263. The Morgan fingerprint density at radius 1 is 1.31 bits per heavy atom. The molecule has 0 aliphatic heterocycles. The molecule has 3 N–H and O–H groups in total. The first-order chi connectivity index (χ1) is 6.15. The molecule has 2 atom stereocenters. The molecule has 0 bridgehead atoms. The number of rotatable bonds is 3. The molecule has 1 aromatic rings. The highest BCUT2D eigenvalue weighted by Crippen LogP contribution is 2.14. The van der Waals surface area contributed by atoms with E-state index in [2.05, 4.69) is 9.97 Å². The van der Waals surface area contributed by atoms with Gasteiger partial charge in [0, 0.05) is 18.0 Å². The van der Waals surface area contributed by atoms with E-state index in [1.807, 2.05) is 0 Å². The Kier molecular flexibility index (Phi) is 3.30. The van der Waals surface area contributed by atoms with Crippen molar-refractivity contribution < 1.29 is 15.3 Å². The third kappa shape index (κ3) is 2.45. The van der Waals surface area contributed by atoms with Crippen LogP contribution < -0.4 is 0 Å². The molecule has 0 saturated carbocycles. The fourth-order valence-electron chi connectivity index (χ4n) is 0.877. The van der Waals surface area contributed by atoms with Crippen LogP contribution in [0.3, 0.4) is 0 Å². The molecule has 1 heterocycles. The van der Waals surface area contributed by atoms with Gasteiger partial charge in [0.2, 0.25) is 0 Å². The Morgan fingerprint density at radius 3 is 2.31 bits per heavy atom. The maximum Gasteiger partial charge on any atom is 0.125 e. The molecule has 0 radical (unpaired) electrons. The van der Waals surface area contributed by atoms with Crippen LogP contribution in [0.25, 0.3) is 0 Å². The minimum absolute atomic E-state index is 0.396. The van der Waals surface area contributed by atoms with Crippen LogP contribution in [0.2, 0.25) is 0 Å². The Labute approximate surface area is 75.7 Å². The highest BCUT2D eigenvalue weighted by molar-refractivity contribution is 5.09. The minimum Gasteiger partial charge on any atom is -0.394 e. The summed E-state index contributed by atoms with van der Waals surface area (Å²) in [5.74, 6) is 0.592. The van der Waals surface area contributed by atoms with Crippen LogP contribution in [0.5, 0.6) is 0 Å². The van der Waals surface area contributed by atoms with Crippen molar-refractivity contribution in [2.24, 2.45) is 0 Å². The summed E-state index contributed by atoms with van der Waals surface area (Å²) in [6.45, 7) is 1.23. The predicted molar refractivity (Wildman–Crippen MR) is 44.8 cm³/mol. The van der Waals surface area contributed by atoms with E-state index in [-0.39, 0.29) is 0 Å². The van der Waals surface area contributed by atoms with E-state index in [4.69, 9.17) is 10.2 Å². The van der Waals surface area contributed by atoms with E-state index in [0.29, 0.717) is 11.4 Å². The first-order valence-electron chi connectivity index (χ1n) is 3.90. The van der Waals surface area contributed by atoms with E-state index in [1.54, 1.807) is 6.92 Å². The average Bonchev–Trinajstić information content (AvgIpc) is 2.17. The number of hydrogen-bond donors (Lipinski definition) is 3. The van der Waals surface area contributed by atoms with Crippen molar-refractivity contribution >= 4 is 0 Å². The summed E-state index contributed by atoms with van der Waals surface area (Å²) in [5, 5.41) is 27.1. The molecule has 72 valence electrons. The van der Waals surface area contributed by atoms with E-state index in [0.717, 1.165) is 0 Å². The zero-order valence-corrected chi connectivity index (χ0v) is 7.25. The van der Waals surface area contributed by atoms with Crippen molar-refractivity contribution in [2.45, 2.75) is 19.1 Å². The molecule has 5 nitrogen and oxygen atoms in total. The molecule has 0 spiro atoms. The number of aromatic nitrogens is 2. The van der Waals surface area contributed by atoms with Gasteiger partial charge in [0.25, 0.3) is 0 Å². The minimum atomic E-state index is -1.19. The summed E-state index contributed by atoms with van der Waals surface area (Å²) >= 11 is 0. The van der Waals surface area contributed by atoms with Gasteiger partial charge in [-0.25, -0.2) is 9.97 Å². The lowest BCUT2D eigenvalue weighted by Crippen LogP contribution is -2.22. The van der Waals surface area contributed by atoms with E-state index >= 15 is 0 Å². The SMILES string of the molecule is Cc1ncc(C(O)C(O)CO)cn1. The Balaban J connectivity index is 2.77. The lowest BCUT2D eigenvalue weighted by atomic mass is 10.1. The molecule has 0 saturated heterocycles. The van der Waals surface area contributed by atoms with Gasteiger partial charge < -0.3 is 15.3 Å². The lowest BCUT2D eigenvalue weighted by Gasteiger charge is -2.14. The van der Waals surface area contributed by atoms with Crippen LogP contribution in [0.4, 0.5) is 0 Å². The largest absolute Gasteiger partial charge is 0.394 e. The number of aryl methyl sites for hydroxylation is 1. The molecular formula is C8H12N2O3. The van der Waals surface area contributed by atoms with E-state index in [9.17, 15) is 5.11 Å². The predicted octanol–water partition coefficient (Wildman–Crippen LogP) is -0.828. The molecule has 1 aromatic heterocycles. The summed E-state index contributed by atoms with van der Waals surface area (Å²) in [4.78, 5) is 7.71. The van der Waals surface area contributed by atoms with Crippen LogP contribution in [0.1, 0.15) is 17.5 Å². The highest BCUT2D eigenvalue weighted by Gasteiger charge is 2.17. The molecule has 0 amide bonds. The molecular weight excluding hydrogens is 172 g/mol. The second-order valence-electron chi connectivity index (χ2n) is 2.76. The fraction of sp³-hybridized carbons (Fsp3) is 0.500. The summed E-state index contributed by atoms with van der Waals surface area (Å²) in [6, 6.07) is 0. The van der Waals surface area contributed by atoms with Gasteiger partial charge in [-0.3, -0.25) is 0 Å². The van der Waals surface area contributed by atoms with Crippen molar-refractivity contribution in [1.29, 1.82) is 0 Å². The molecule has 0 aromatic carbocycles. The van der Waals surface area contributed by atoms with Crippen molar-refractivity contribution in [3.05, 3.63) is 23.8 Å². The highest BCUT2D eigenvalue weighted by atomic mass is 16.4. The average molecular weight is 184 g/mol. The van der Waals surface area contributed by atoms with Gasteiger partial charge in [0.05, 0.1) is 6.61 Å². The monoisotopic (exact) mass is 184 g/mol. The van der Waals surface area contributed by atoms with E-state index < -0.39 is 18.8 Å². The summed E-state index contributed by atoms with van der Waals surface area (Å²) < 4.78 is 0. The van der Waals surface area contributed by atoms with Gasteiger partial charge in [-0.2, -0.15) is 0 Å². The Hall–Kier alpha value is -1.04. The lowest BCUT2D eigenvalue weighted by molar-refractivity contribution is -0.0155. The first-order valence-corrected chi connectivity index (χ1v) is 3.90. The normalized spacial score (nSPS) is 15.4. The standard InChI is InChI=1S/C8H12N2O3/c1-5-9-2-6(3-10-5)8(13)7(12)4-11/h2-3,7-8,11-13H,4H2,1H3. The molecule has 1 rings (SSSR count). The second kappa shape index (κ2) is 4.27. The second-order valence-corrected chi connectivity index (χ2v) is 2.76. The third-order valence-corrected chi connectivity index (χ3v) is 1.69. The van der Waals surface area contributed by atoms with Crippen molar-refractivity contribution in [1.82, 2.24) is 9.97 Å². The van der Waals surface area contributed by atoms with Crippen molar-refractivity contribution in [2.75, 3.05) is 6.61 Å². The molecule has 0 aliphatic rings. The molecule has 0 aliphatic carbocycles. The Morgan fingerprint density at radius 2 is 1.85 bits per heavy atom. The van der Waals surface area contributed by atoms with Gasteiger partial charge in [-0.15, -0.1) is 0 Å². The fourth-order valence-corrected chi connectivity index (χ4v) is 0.877. The third-order valence-electron chi connectivity index (χ3n) is 1.69. The first kappa shape index (κ1) is 10.0. The van der Waals surface area contributed by atoms with Crippen LogP contribution in [-0.2, 0) is 0 Å². The van der Waals surface area contributed by atoms with Crippen molar-refractivity contribution in [3.8, 4) is 0 Å². The number of aliphatic hydroxyl groups is 3. The van der Waals surface area contributed by atoms with Gasteiger partial charge >= 0.3 is 0 Å². The van der Waals surface area contributed by atoms with Gasteiger partial charge in [0.1, 0.15) is 18.0 Å². The van der Waals surface area contributed by atoms with Gasteiger partial charge in [-0.05, 0) is 6.92 Å². The summed E-state index contributed by atoms with van der Waals surface area (Å²) in [5.41, 5.74) is 0.396. The van der Waals surface area contributed by atoms with Crippen molar-refractivity contribution in [3.63, 3.8) is 0 Å². The zero-order valence-electron chi connectivity index (χ0n) is 7.25. The van der Waals surface area contributed by atoms with Gasteiger partial charge in [-0.1, -0.05) is 0 Å². The maximum absolute atomic E-state index is 9.39. The smallest absolute Gasteiger partial charge is 0.125 e. The van der Waals surface area contributed by atoms with Gasteiger partial charge in [0.15, 0.2) is 0 Å². The molecule has 13 heavy (non-hydrogen) atoms. The zero-order chi connectivity index (χ0) is 9.84. The van der Waals surface area contributed by atoms with Crippen LogP contribution >= 0.6 is 0 Å². The summed E-state index contributed by atoms with van der Waals surface area (Å²) in [6.07, 6.45) is 0.523. The quantitative estimate of drug-likeness (QED) is 0.571. The molecule has 2 unspecified atom stereocenters. The maximum atomic E-state index is 9.39. The molecule has 0 fully saturated rings. The number of nitrogens with zero attached hydrogens (tertiary/aromatic N) is 2. The van der Waals surface area contributed by atoms with Crippen LogP contribution in [0, 0.1) is 6.92 Å². The summed E-state index contributed by atoms with van der Waals surface area (Å²) in [7, 11) is 0. The number of hydrogen-bond acceptors (Lipinski definition) is 5. The van der Waals surface area contributed by atoms with Crippen LogP contribution in [-0.4, -0.2) is 38.0 Å². The molecule has 5 heteroatoms. The van der Waals surface area contributed by atoms with E-state index in [1.165, 1.54) is 12.4 Å². The van der Waals surface area contributed by atoms with Crippen LogP contribution in [0.15, 0.2) is 12.4 Å². The topological polar surface area (TPSA) is 86.5 Å². The number of aliphatic hydroxyl groups excluding tert-OH is 3.